The van der Waals surface area contributed by atoms with Crippen LogP contribution in [0.15, 0.2) is 47.6 Å². The lowest BCUT2D eigenvalue weighted by Gasteiger charge is -2.12. The maximum Gasteiger partial charge on any atom is 0.332 e. The predicted molar refractivity (Wildman–Crippen MR) is 100 cm³/mol. The van der Waals surface area contributed by atoms with Crippen molar-refractivity contribution < 1.29 is 19.0 Å². The summed E-state index contributed by atoms with van der Waals surface area (Å²) in [5.74, 6) is 2.09. The second kappa shape index (κ2) is 9.93. The third-order valence-corrected chi connectivity index (χ3v) is 3.47. The van der Waals surface area contributed by atoms with Crippen molar-refractivity contribution in [2.75, 3.05) is 20.3 Å². The number of hydrogen-bond acceptors (Lipinski definition) is 5. The Morgan fingerprint density at radius 3 is 2.54 bits per heavy atom. The van der Waals surface area contributed by atoms with Gasteiger partial charge in [-0.05, 0) is 42.3 Å². The molecule has 0 aromatic heterocycles. The van der Waals surface area contributed by atoms with Crippen LogP contribution in [0, 0.1) is 6.92 Å². The van der Waals surface area contributed by atoms with Crippen LogP contribution < -0.4 is 25.4 Å². The first-order chi connectivity index (χ1) is 12.6. The smallest absolute Gasteiger partial charge is 0.332 e. The van der Waals surface area contributed by atoms with Crippen molar-refractivity contribution in [1.82, 2.24) is 5.43 Å². The summed E-state index contributed by atoms with van der Waals surface area (Å²) in [4.78, 5) is 10.6. The third-order valence-electron chi connectivity index (χ3n) is 3.47. The Labute approximate surface area is 152 Å². The number of methoxy groups -OCH3 is 1. The van der Waals surface area contributed by atoms with Gasteiger partial charge in [-0.15, -0.1) is 0 Å². The van der Waals surface area contributed by atoms with Crippen molar-refractivity contribution in [2.24, 2.45) is 10.8 Å². The molecule has 0 spiro atoms. The molecule has 7 nitrogen and oxygen atoms in total. The minimum absolute atomic E-state index is 0.499. The number of carbonyl (C=O) groups excluding carboxylic acids is 1. The summed E-state index contributed by atoms with van der Waals surface area (Å²) >= 11 is 0. The Morgan fingerprint density at radius 1 is 1.12 bits per heavy atom. The van der Waals surface area contributed by atoms with Crippen molar-refractivity contribution in [1.29, 1.82) is 0 Å². The van der Waals surface area contributed by atoms with E-state index < -0.39 is 6.03 Å². The summed E-state index contributed by atoms with van der Waals surface area (Å²) in [7, 11) is 1.56. The standard InChI is InChI=1S/C19H23N3O4/c1-14-6-3-4-7-16(14)25-10-5-11-26-17-9-8-15(12-18(17)24-2)13-21-22-19(20)23/h3-4,6-9,12-13H,5,10-11H2,1-2H3,(H3,20,22,23)/b21-13+. The highest BCUT2D eigenvalue weighted by Gasteiger charge is 2.05. The van der Waals surface area contributed by atoms with Crippen LogP contribution in [0.25, 0.3) is 0 Å². The maximum atomic E-state index is 10.6. The van der Waals surface area contributed by atoms with E-state index in [1.807, 2.05) is 31.2 Å². The second-order valence-electron chi connectivity index (χ2n) is 5.46. The number of benzene rings is 2. The van der Waals surface area contributed by atoms with Crippen LogP contribution in [0.2, 0.25) is 0 Å². The van der Waals surface area contributed by atoms with Crippen LogP contribution in [0.5, 0.6) is 17.2 Å². The number of urea groups is 1. The maximum absolute atomic E-state index is 10.6. The van der Waals surface area contributed by atoms with E-state index >= 15 is 0 Å². The molecule has 0 saturated heterocycles. The number of hydrazone groups is 1. The molecule has 7 heteroatoms. The Hall–Kier alpha value is -3.22. The zero-order chi connectivity index (χ0) is 18.8. The summed E-state index contributed by atoms with van der Waals surface area (Å²) in [6.07, 6.45) is 2.20. The fourth-order valence-corrected chi connectivity index (χ4v) is 2.20. The summed E-state index contributed by atoms with van der Waals surface area (Å²) in [5, 5.41) is 3.71. The molecule has 0 saturated carbocycles. The van der Waals surface area contributed by atoms with Gasteiger partial charge in [0.2, 0.25) is 0 Å². The molecule has 2 aromatic rings. The van der Waals surface area contributed by atoms with Gasteiger partial charge in [-0.3, -0.25) is 0 Å². The van der Waals surface area contributed by atoms with E-state index in [0.29, 0.717) is 24.7 Å². The number of aryl methyl sites for hydroxylation is 1. The van der Waals surface area contributed by atoms with Gasteiger partial charge < -0.3 is 19.9 Å². The average Bonchev–Trinajstić information content (AvgIpc) is 2.63. The molecule has 0 unspecified atom stereocenters. The van der Waals surface area contributed by atoms with Crippen LogP contribution >= 0.6 is 0 Å². The van der Waals surface area contributed by atoms with Gasteiger partial charge in [0.05, 0.1) is 26.5 Å². The largest absolute Gasteiger partial charge is 0.493 e. The zero-order valence-electron chi connectivity index (χ0n) is 14.9. The lowest BCUT2D eigenvalue weighted by Crippen LogP contribution is -2.24. The third kappa shape index (κ3) is 6.01. The predicted octanol–water partition coefficient (Wildman–Crippen LogP) is 2.85. The normalized spacial score (nSPS) is 10.5. The minimum atomic E-state index is -0.721. The van der Waals surface area contributed by atoms with E-state index in [1.54, 1.807) is 25.3 Å². The zero-order valence-corrected chi connectivity index (χ0v) is 14.9. The molecule has 0 atom stereocenters. The van der Waals surface area contributed by atoms with Crippen LogP contribution in [0.4, 0.5) is 4.79 Å². The molecular weight excluding hydrogens is 334 g/mol. The molecule has 0 aliphatic heterocycles. The van der Waals surface area contributed by atoms with Gasteiger partial charge in [0.15, 0.2) is 11.5 Å². The number of para-hydroxylation sites is 1. The SMILES string of the molecule is COc1cc(/C=N/NC(N)=O)ccc1OCCCOc1ccccc1C. The van der Waals surface area contributed by atoms with Crippen LogP contribution in [0.3, 0.4) is 0 Å². The van der Waals surface area contributed by atoms with Gasteiger partial charge in [0.25, 0.3) is 0 Å². The van der Waals surface area contributed by atoms with E-state index in [0.717, 1.165) is 23.3 Å². The number of rotatable bonds is 9. The number of ether oxygens (including phenoxy) is 3. The van der Waals surface area contributed by atoms with E-state index in [9.17, 15) is 4.79 Å². The molecule has 0 heterocycles. The highest BCUT2D eigenvalue weighted by Crippen LogP contribution is 2.27. The lowest BCUT2D eigenvalue weighted by atomic mass is 10.2. The number of carbonyl (C=O) groups is 1. The number of primary amides is 1. The van der Waals surface area contributed by atoms with Crippen molar-refractivity contribution in [2.45, 2.75) is 13.3 Å². The number of nitrogens with two attached hydrogens (primary N) is 1. The first-order valence-electron chi connectivity index (χ1n) is 8.18. The topological polar surface area (TPSA) is 95.2 Å². The monoisotopic (exact) mass is 357 g/mol. The van der Waals surface area contributed by atoms with Crippen molar-refractivity contribution >= 4 is 12.2 Å². The molecule has 2 rings (SSSR count). The van der Waals surface area contributed by atoms with Gasteiger partial charge in [0, 0.05) is 6.42 Å². The Bertz CT molecular complexity index is 762. The number of amides is 2. The number of nitrogens with zero attached hydrogens (tertiary/aromatic N) is 1. The van der Waals surface area contributed by atoms with E-state index in [1.165, 1.54) is 6.21 Å². The molecule has 0 radical (unpaired) electrons. The molecular formula is C19H23N3O4. The number of nitrogens with one attached hydrogen (secondary N) is 1. The molecule has 0 aliphatic rings. The first kappa shape index (κ1) is 19.1. The quantitative estimate of drug-likeness (QED) is 0.410. The molecule has 26 heavy (non-hydrogen) atoms. The first-order valence-corrected chi connectivity index (χ1v) is 8.18. The second-order valence-corrected chi connectivity index (χ2v) is 5.46. The Balaban J connectivity index is 1.82. The molecule has 2 aromatic carbocycles. The number of hydrogen-bond donors (Lipinski definition) is 2. The molecule has 0 bridgehead atoms. The highest BCUT2D eigenvalue weighted by molar-refractivity contribution is 5.82. The van der Waals surface area contributed by atoms with Crippen molar-refractivity contribution in [3.8, 4) is 17.2 Å². The van der Waals surface area contributed by atoms with Crippen LogP contribution in [0.1, 0.15) is 17.5 Å². The Morgan fingerprint density at radius 2 is 1.85 bits per heavy atom. The van der Waals surface area contributed by atoms with Gasteiger partial charge in [-0.2, -0.15) is 5.10 Å². The van der Waals surface area contributed by atoms with E-state index in [-0.39, 0.29) is 0 Å². The average molecular weight is 357 g/mol. The molecule has 138 valence electrons. The van der Waals surface area contributed by atoms with Gasteiger partial charge in [-0.25, -0.2) is 10.2 Å². The molecule has 0 aliphatic carbocycles. The fourth-order valence-electron chi connectivity index (χ4n) is 2.20. The molecule has 0 fully saturated rings. The van der Waals surface area contributed by atoms with Gasteiger partial charge >= 0.3 is 6.03 Å². The summed E-state index contributed by atoms with van der Waals surface area (Å²) in [5.41, 5.74) is 8.93. The summed E-state index contributed by atoms with van der Waals surface area (Å²) in [6.45, 7) is 3.08. The fraction of sp³-hybridized carbons (Fsp3) is 0.263. The van der Waals surface area contributed by atoms with Gasteiger partial charge in [-0.1, -0.05) is 18.2 Å². The van der Waals surface area contributed by atoms with Crippen molar-refractivity contribution in [3.05, 3.63) is 53.6 Å². The van der Waals surface area contributed by atoms with E-state index in [2.05, 4.69) is 10.5 Å². The van der Waals surface area contributed by atoms with Crippen LogP contribution in [-0.2, 0) is 0 Å². The van der Waals surface area contributed by atoms with E-state index in [4.69, 9.17) is 19.9 Å². The summed E-state index contributed by atoms with van der Waals surface area (Å²) in [6, 6.07) is 12.5. The van der Waals surface area contributed by atoms with Gasteiger partial charge in [0.1, 0.15) is 5.75 Å². The van der Waals surface area contributed by atoms with Crippen molar-refractivity contribution in [3.63, 3.8) is 0 Å². The Kier molecular flexibility index (Phi) is 7.30. The lowest BCUT2D eigenvalue weighted by molar-refractivity contribution is 0.239. The minimum Gasteiger partial charge on any atom is -0.493 e. The molecule has 2 amide bonds. The highest BCUT2D eigenvalue weighted by atomic mass is 16.5. The van der Waals surface area contributed by atoms with Crippen LogP contribution in [-0.4, -0.2) is 32.6 Å². The molecule has 3 N–H and O–H groups in total. The summed E-state index contributed by atoms with van der Waals surface area (Å²) < 4.78 is 16.8.